The number of benzene rings is 1. The predicted molar refractivity (Wildman–Crippen MR) is 81.6 cm³/mol. The zero-order chi connectivity index (χ0) is 14.4. The summed E-state index contributed by atoms with van der Waals surface area (Å²) in [7, 11) is 0. The maximum absolute atomic E-state index is 10.2. The number of aliphatic hydroxyl groups is 2. The Kier molecular flexibility index (Phi) is 6.02. The van der Waals surface area contributed by atoms with E-state index in [0.717, 1.165) is 44.1 Å². The van der Waals surface area contributed by atoms with Gasteiger partial charge in [0.05, 0.1) is 12.2 Å². The summed E-state index contributed by atoms with van der Waals surface area (Å²) >= 11 is 0. The third-order valence-electron chi connectivity index (χ3n) is 4.21. The normalized spacial score (nSPS) is 25.8. The fraction of sp³-hybridized carbons (Fsp3) is 0.647. The largest absolute Gasteiger partial charge is 0.393 e. The molecule has 0 aromatic heterocycles. The molecule has 0 spiro atoms. The van der Waals surface area contributed by atoms with Crippen LogP contribution in [-0.4, -0.2) is 28.9 Å². The standard InChI is InChI=1S/C17H27NO2/c1-13-5-2-6-14(11-13)17(20)12-18-15-7-3-9-16(19)10-4-8-15/h2,5-6,11,15-20H,3-4,7-10,12H2,1H3. The van der Waals surface area contributed by atoms with E-state index < -0.39 is 6.10 Å². The molecule has 2 rings (SSSR count). The minimum absolute atomic E-state index is 0.103. The predicted octanol–water partition coefficient (Wildman–Crippen LogP) is 2.70. The van der Waals surface area contributed by atoms with Gasteiger partial charge < -0.3 is 15.5 Å². The third-order valence-corrected chi connectivity index (χ3v) is 4.21. The lowest BCUT2D eigenvalue weighted by Crippen LogP contribution is -2.34. The summed E-state index contributed by atoms with van der Waals surface area (Å²) in [5.74, 6) is 0. The number of hydrogen-bond donors (Lipinski definition) is 3. The van der Waals surface area contributed by atoms with Crippen LogP contribution in [0.4, 0.5) is 0 Å². The number of aliphatic hydroxyl groups excluding tert-OH is 2. The van der Waals surface area contributed by atoms with Crippen molar-refractivity contribution in [3.63, 3.8) is 0 Å². The van der Waals surface area contributed by atoms with Gasteiger partial charge in [0.1, 0.15) is 0 Å². The lowest BCUT2D eigenvalue weighted by atomic mass is 9.95. The van der Waals surface area contributed by atoms with Crippen LogP contribution in [0.25, 0.3) is 0 Å². The molecule has 3 nitrogen and oxygen atoms in total. The van der Waals surface area contributed by atoms with Crippen LogP contribution < -0.4 is 5.32 Å². The fourth-order valence-corrected chi connectivity index (χ4v) is 2.97. The first-order valence-electron chi connectivity index (χ1n) is 7.81. The van der Waals surface area contributed by atoms with Crippen molar-refractivity contribution in [2.75, 3.05) is 6.54 Å². The van der Waals surface area contributed by atoms with E-state index in [1.807, 2.05) is 31.2 Å². The van der Waals surface area contributed by atoms with Crippen LogP contribution in [0, 0.1) is 6.92 Å². The molecule has 1 aliphatic rings. The molecule has 0 aliphatic heterocycles. The van der Waals surface area contributed by atoms with Crippen molar-refractivity contribution in [3.05, 3.63) is 35.4 Å². The SMILES string of the molecule is Cc1cccc(C(O)CNC2CCCC(O)CCC2)c1. The highest BCUT2D eigenvalue weighted by atomic mass is 16.3. The maximum Gasteiger partial charge on any atom is 0.0914 e. The summed E-state index contributed by atoms with van der Waals surface area (Å²) in [6.07, 6.45) is 5.62. The highest BCUT2D eigenvalue weighted by molar-refractivity contribution is 5.24. The van der Waals surface area contributed by atoms with E-state index in [2.05, 4.69) is 5.32 Å². The summed E-state index contributed by atoms with van der Waals surface area (Å²) in [6.45, 7) is 2.65. The highest BCUT2D eigenvalue weighted by Gasteiger charge is 2.16. The topological polar surface area (TPSA) is 52.5 Å². The summed E-state index contributed by atoms with van der Waals surface area (Å²) in [5.41, 5.74) is 2.17. The van der Waals surface area contributed by atoms with Crippen LogP contribution in [0.3, 0.4) is 0 Å². The molecule has 1 aromatic carbocycles. The summed E-state index contributed by atoms with van der Waals surface area (Å²) in [6, 6.07) is 8.53. The summed E-state index contributed by atoms with van der Waals surface area (Å²) in [4.78, 5) is 0. The quantitative estimate of drug-likeness (QED) is 0.793. The fourth-order valence-electron chi connectivity index (χ4n) is 2.97. The van der Waals surface area contributed by atoms with Crippen LogP contribution in [0.2, 0.25) is 0 Å². The maximum atomic E-state index is 10.2. The van der Waals surface area contributed by atoms with Crippen molar-refractivity contribution < 1.29 is 10.2 Å². The molecule has 0 radical (unpaired) electrons. The number of rotatable bonds is 4. The molecule has 3 N–H and O–H groups in total. The Morgan fingerprint density at radius 2 is 1.90 bits per heavy atom. The van der Waals surface area contributed by atoms with Gasteiger partial charge in [0, 0.05) is 12.6 Å². The van der Waals surface area contributed by atoms with Crippen molar-refractivity contribution in [3.8, 4) is 0 Å². The molecule has 1 aromatic rings. The molecule has 1 atom stereocenters. The Morgan fingerprint density at radius 3 is 2.55 bits per heavy atom. The average Bonchev–Trinajstić information content (AvgIpc) is 2.41. The molecular formula is C17H27NO2. The van der Waals surface area contributed by atoms with Crippen molar-refractivity contribution >= 4 is 0 Å². The highest BCUT2D eigenvalue weighted by Crippen LogP contribution is 2.19. The lowest BCUT2D eigenvalue weighted by molar-refractivity contribution is 0.131. The molecule has 0 amide bonds. The van der Waals surface area contributed by atoms with Crippen molar-refractivity contribution in [2.24, 2.45) is 0 Å². The van der Waals surface area contributed by atoms with E-state index >= 15 is 0 Å². The Hall–Kier alpha value is -0.900. The molecule has 3 heteroatoms. The van der Waals surface area contributed by atoms with E-state index in [0.29, 0.717) is 12.6 Å². The van der Waals surface area contributed by atoms with Crippen molar-refractivity contribution in [1.29, 1.82) is 0 Å². The molecule has 1 aliphatic carbocycles. The second-order valence-electron chi connectivity index (χ2n) is 6.05. The van der Waals surface area contributed by atoms with Gasteiger partial charge in [0.25, 0.3) is 0 Å². The Bertz CT molecular complexity index is 398. The Morgan fingerprint density at radius 1 is 1.20 bits per heavy atom. The summed E-state index contributed by atoms with van der Waals surface area (Å²) < 4.78 is 0. The molecule has 1 unspecified atom stereocenters. The second-order valence-corrected chi connectivity index (χ2v) is 6.05. The molecule has 0 saturated heterocycles. The van der Waals surface area contributed by atoms with Gasteiger partial charge in [-0.3, -0.25) is 0 Å². The van der Waals surface area contributed by atoms with Gasteiger partial charge in [0.2, 0.25) is 0 Å². The molecule has 20 heavy (non-hydrogen) atoms. The molecule has 1 saturated carbocycles. The zero-order valence-electron chi connectivity index (χ0n) is 12.4. The van der Waals surface area contributed by atoms with Crippen LogP contribution >= 0.6 is 0 Å². The molecular weight excluding hydrogens is 250 g/mol. The van der Waals surface area contributed by atoms with E-state index in [1.54, 1.807) is 0 Å². The van der Waals surface area contributed by atoms with Gasteiger partial charge in [-0.2, -0.15) is 0 Å². The minimum atomic E-state index is -0.439. The van der Waals surface area contributed by atoms with Gasteiger partial charge >= 0.3 is 0 Å². The van der Waals surface area contributed by atoms with Crippen molar-refractivity contribution in [1.82, 2.24) is 5.32 Å². The third kappa shape index (κ3) is 4.89. The zero-order valence-corrected chi connectivity index (χ0v) is 12.4. The number of hydrogen-bond acceptors (Lipinski definition) is 3. The van der Waals surface area contributed by atoms with E-state index in [1.165, 1.54) is 5.56 Å². The van der Waals surface area contributed by atoms with E-state index in [4.69, 9.17) is 0 Å². The van der Waals surface area contributed by atoms with Gasteiger partial charge in [0.15, 0.2) is 0 Å². The Labute approximate surface area is 122 Å². The van der Waals surface area contributed by atoms with Crippen LogP contribution in [0.5, 0.6) is 0 Å². The number of nitrogens with one attached hydrogen (secondary N) is 1. The monoisotopic (exact) mass is 277 g/mol. The average molecular weight is 277 g/mol. The smallest absolute Gasteiger partial charge is 0.0914 e. The van der Waals surface area contributed by atoms with Crippen molar-refractivity contribution in [2.45, 2.75) is 63.7 Å². The van der Waals surface area contributed by atoms with Gasteiger partial charge in [-0.15, -0.1) is 0 Å². The van der Waals surface area contributed by atoms with E-state index in [-0.39, 0.29) is 6.10 Å². The second kappa shape index (κ2) is 7.77. The lowest BCUT2D eigenvalue weighted by Gasteiger charge is -2.24. The molecule has 0 bridgehead atoms. The van der Waals surface area contributed by atoms with Crippen LogP contribution in [-0.2, 0) is 0 Å². The van der Waals surface area contributed by atoms with Crippen LogP contribution in [0.15, 0.2) is 24.3 Å². The van der Waals surface area contributed by atoms with Gasteiger partial charge in [-0.1, -0.05) is 29.8 Å². The minimum Gasteiger partial charge on any atom is -0.393 e. The van der Waals surface area contributed by atoms with Gasteiger partial charge in [-0.05, 0) is 51.0 Å². The summed E-state index contributed by atoms with van der Waals surface area (Å²) in [5, 5.41) is 23.4. The van der Waals surface area contributed by atoms with Crippen LogP contribution in [0.1, 0.15) is 55.8 Å². The first-order valence-corrected chi connectivity index (χ1v) is 7.81. The number of aryl methyl sites for hydroxylation is 1. The molecule has 1 fully saturated rings. The molecule has 112 valence electrons. The first-order chi connectivity index (χ1) is 9.65. The van der Waals surface area contributed by atoms with Gasteiger partial charge in [-0.25, -0.2) is 0 Å². The van der Waals surface area contributed by atoms with E-state index in [9.17, 15) is 10.2 Å². The first kappa shape index (κ1) is 15.5. The molecule has 0 heterocycles. The Balaban J connectivity index is 1.79.